The lowest BCUT2D eigenvalue weighted by Gasteiger charge is -2.27. The minimum atomic E-state index is 0.0700. The number of benzene rings is 1. The summed E-state index contributed by atoms with van der Waals surface area (Å²) in [6, 6.07) is 7.85. The number of fused-ring (bicyclic) bond motifs is 1. The van der Waals surface area contributed by atoms with Crippen LogP contribution in [-0.4, -0.2) is 10.9 Å². The molecule has 3 nitrogen and oxygen atoms in total. The van der Waals surface area contributed by atoms with Gasteiger partial charge in [-0.3, -0.25) is 9.78 Å². The van der Waals surface area contributed by atoms with Gasteiger partial charge in [0.1, 0.15) is 0 Å². The van der Waals surface area contributed by atoms with Crippen LogP contribution in [0.3, 0.4) is 0 Å². The molecule has 0 radical (unpaired) electrons. The second-order valence-corrected chi connectivity index (χ2v) is 6.00. The SMILES string of the molecule is C=C1CC(C(=O)Nc2ccc(I)c3cccnc23)C1. The average Bonchev–Trinajstić information content (AvgIpc) is 2.38. The van der Waals surface area contributed by atoms with Crippen molar-refractivity contribution in [2.45, 2.75) is 12.8 Å². The van der Waals surface area contributed by atoms with Crippen molar-refractivity contribution in [1.82, 2.24) is 4.98 Å². The van der Waals surface area contributed by atoms with E-state index in [-0.39, 0.29) is 11.8 Å². The van der Waals surface area contributed by atoms with E-state index in [9.17, 15) is 4.79 Å². The molecule has 1 aliphatic carbocycles. The molecule has 1 saturated carbocycles. The van der Waals surface area contributed by atoms with E-state index < -0.39 is 0 Å². The molecular weight excluding hydrogens is 351 g/mol. The number of hydrogen-bond acceptors (Lipinski definition) is 2. The predicted molar refractivity (Wildman–Crippen MR) is 85.0 cm³/mol. The number of hydrogen-bond donors (Lipinski definition) is 1. The molecular formula is C15H13IN2O. The first-order chi connectivity index (χ1) is 9.15. The molecule has 4 heteroatoms. The van der Waals surface area contributed by atoms with E-state index in [0.29, 0.717) is 0 Å². The standard InChI is InChI=1S/C15H13IN2O/c1-9-7-10(8-9)15(19)18-13-5-4-12(16)11-3-2-6-17-14(11)13/h2-6,10H,1,7-8H2,(H,18,19). The van der Waals surface area contributed by atoms with E-state index in [1.807, 2.05) is 24.3 Å². The van der Waals surface area contributed by atoms with E-state index >= 15 is 0 Å². The van der Waals surface area contributed by atoms with Crippen molar-refractivity contribution in [2.75, 3.05) is 5.32 Å². The number of anilines is 1. The maximum Gasteiger partial charge on any atom is 0.228 e. The molecule has 1 aromatic heterocycles. The van der Waals surface area contributed by atoms with Gasteiger partial charge < -0.3 is 5.32 Å². The van der Waals surface area contributed by atoms with Gasteiger partial charge in [0.2, 0.25) is 5.91 Å². The highest BCUT2D eigenvalue weighted by Crippen LogP contribution is 2.33. The first kappa shape index (κ1) is 12.6. The molecule has 0 bridgehead atoms. The van der Waals surface area contributed by atoms with Gasteiger partial charge in [0.05, 0.1) is 11.2 Å². The summed E-state index contributed by atoms with van der Waals surface area (Å²) in [7, 11) is 0. The molecule has 1 heterocycles. The van der Waals surface area contributed by atoms with Crippen molar-refractivity contribution < 1.29 is 4.79 Å². The Hall–Kier alpha value is -1.43. The zero-order chi connectivity index (χ0) is 13.4. The Labute approximate surface area is 125 Å². The second kappa shape index (κ2) is 4.92. The number of amides is 1. The lowest BCUT2D eigenvalue weighted by atomic mass is 9.80. The summed E-state index contributed by atoms with van der Waals surface area (Å²) in [6.07, 6.45) is 3.36. The summed E-state index contributed by atoms with van der Waals surface area (Å²) in [5, 5.41) is 4.06. The topological polar surface area (TPSA) is 42.0 Å². The average molecular weight is 364 g/mol. The maximum absolute atomic E-state index is 12.1. The first-order valence-electron chi connectivity index (χ1n) is 6.16. The third-order valence-electron chi connectivity index (χ3n) is 3.42. The number of halogens is 1. The van der Waals surface area contributed by atoms with Crippen LogP contribution in [0.25, 0.3) is 10.9 Å². The highest BCUT2D eigenvalue weighted by molar-refractivity contribution is 14.1. The summed E-state index contributed by atoms with van der Waals surface area (Å²) in [5.74, 6) is 0.145. The van der Waals surface area contributed by atoms with Gasteiger partial charge in [-0.1, -0.05) is 18.2 Å². The maximum atomic E-state index is 12.1. The zero-order valence-corrected chi connectivity index (χ0v) is 12.5. The normalized spacial score (nSPS) is 15.3. The van der Waals surface area contributed by atoms with Crippen LogP contribution in [0.15, 0.2) is 42.6 Å². The molecule has 0 saturated heterocycles. The van der Waals surface area contributed by atoms with Gasteiger partial charge in [-0.15, -0.1) is 0 Å². The molecule has 0 aliphatic heterocycles. The molecule has 1 aliphatic rings. The summed E-state index contributed by atoms with van der Waals surface area (Å²) in [6.45, 7) is 3.87. The Morgan fingerprint density at radius 3 is 2.89 bits per heavy atom. The van der Waals surface area contributed by atoms with E-state index in [0.717, 1.165) is 38.6 Å². The predicted octanol–water partition coefficient (Wildman–Crippen LogP) is 3.74. The Morgan fingerprint density at radius 2 is 2.16 bits per heavy atom. The summed E-state index contributed by atoms with van der Waals surface area (Å²) < 4.78 is 1.13. The molecule has 1 aromatic carbocycles. The van der Waals surface area contributed by atoms with Crippen LogP contribution in [-0.2, 0) is 4.79 Å². The number of pyridine rings is 1. The molecule has 19 heavy (non-hydrogen) atoms. The minimum Gasteiger partial charge on any atom is -0.324 e. The molecule has 1 fully saturated rings. The lowest BCUT2D eigenvalue weighted by Crippen LogP contribution is -2.29. The fraction of sp³-hybridized carbons (Fsp3) is 0.200. The van der Waals surface area contributed by atoms with Gasteiger partial charge in [-0.25, -0.2) is 0 Å². The Morgan fingerprint density at radius 1 is 1.37 bits per heavy atom. The van der Waals surface area contributed by atoms with Gasteiger partial charge in [-0.05, 0) is 53.6 Å². The quantitative estimate of drug-likeness (QED) is 0.652. The largest absolute Gasteiger partial charge is 0.324 e. The number of carbonyl (C=O) groups excluding carboxylic acids is 1. The Bertz CT molecular complexity index is 673. The van der Waals surface area contributed by atoms with E-state index in [4.69, 9.17) is 0 Å². The third kappa shape index (κ3) is 2.36. The van der Waals surface area contributed by atoms with Crippen molar-refractivity contribution in [2.24, 2.45) is 5.92 Å². The fourth-order valence-electron chi connectivity index (χ4n) is 2.30. The van der Waals surface area contributed by atoms with Crippen LogP contribution in [0.2, 0.25) is 0 Å². The lowest BCUT2D eigenvalue weighted by molar-refractivity contribution is -0.120. The van der Waals surface area contributed by atoms with E-state index in [1.165, 1.54) is 0 Å². The molecule has 2 aromatic rings. The van der Waals surface area contributed by atoms with Crippen molar-refractivity contribution in [1.29, 1.82) is 0 Å². The minimum absolute atomic E-state index is 0.0700. The Balaban J connectivity index is 1.91. The van der Waals surface area contributed by atoms with Crippen LogP contribution in [0, 0.1) is 9.49 Å². The summed E-state index contributed by atoms with van der Waals surface area (Å²) >= 11 is 2.28. The van der Waals surface area contributed by atoms with Gasteiger partial charge >= 0.3 is 0 Å². The smallest absolute Gasteiger partial charge is 0.228 e. The number of rotatable bonds is 2. The highest BCUT2D eigenvalue weighted by atomic mass is 127. The zero-order valence-electron chi connectivity index (χ0n) is 10.3. The highest BCUT2D eigenvalue weighted by Gasteiger charge is 2.28. The van der Waals surface area contributed by atoms with Crippen molar-refractivity contribution >= 4 is 45.1 Å². The van der Waals surface area contributed by atoms with E-state index in [2.05, 4.69) is 39.5 Å². The molecule has 96 valence electrons. The number of aromatic nitrogens is 1. The number of allylic oxidation sites excluding steroid dienone is 1. The fourth-order valence-corrected chi connectivity index (χ4v) is 2.91. The number of carbonyl (C=O) groups is 1. The van der Waals surface area contributed by atoms with Crippen molar-refractivity contribution in [3.8, 4) is 0 Å². The second-order valence-electron chi connectivity index (χ2n) is 4.84. The Kier molecular flexibility index (Phi) is 3.26. The molecule has 3 rings (SSSR count). The van der Waals surface area contributed by atoms with E-state index in [1.54, 1.807) is 6.20 Å². The van der Waals surface area contributed by atoms with Crippen molar-refractivity contribution in [3.63, 3.8) is 0 Å². The van der Waals surface area contributed by atoms with Crippen LogP contribution in [0.4, 0.5) is 5.69 Å². The van der Waals surface area contributed by atoms with Crippen LogP contribution in [0.1, 0.15) is 12.8 Å². The molecule has 0 atom stereocenters. The molecule has 1 amide bonds. The molecule has 0 unspecified atom stereocenters. The molecule has 1 N–H and O–H groups in total. The van der Waals surface area contributed by atoms with Gasteiger partial charge in [0.25, 0.3) is 0 Å². The van der Waals surface area contributed by atoms with Crippen LogP contribution >= 0.6 is 22.6 Å². The third-order valence-corrected chi connectivity index (χ3v) is 4.36. The van der Waals surface area contributed by atoms with Gasteiger partial charge in [0.15, 0.2) is 0 Å². The number of nitrogens with zero attached hydrogens (tertiary/aromatic N) is 1. The van der Waals surface area contributed by atoms with Crippen LogP contribution < -0.4 is 5.32 Å². The van der Waals surface area contributed by atoms with Crippen molar-refractivity contribution in [3.05, 3.63) is 46.2 Å². The molecule has 0 spiro atoms. The van der Waals surface area contributed by atoms with Gasteiger partial charge in [0, 0.05) is 21.1 Å². The van der Waals surface area contributed by atoms with Crippen LogP contribution in [0.5, 0.6) is 0 Å². The summed E-state index contributed by atoms with van der Waals surface area (Å²) in [5.41, 5.74) is 2.80. The number of nitrogens with one attached hydrogen (secondary N) is 1. The van der Waals surface area contributed by atoms with Gasteiger partial charge in [-0.2, -0.15) is 0 Å². The first-order valence-corrected chi connectivity index (χ1v) is 7.24. The summed E-state index contributed by atoms with van der Waals surface area (Å²) in [4.78, 5) is 16.5. The monoisotopic (exact) mass is 364 g/mol.